The Morgan fingerprint density at radius 2 is 2.09 bits per heavy atom. The number of benzene rings is 1. The number of ether oxygens (including phenoxy) is 1. The van der Waals surface area contributed by atoms with Gasteiger partial charge in [0.25, 0.3) is 0 Å². The van der Waals surface area contributed by atoms with Gasteiger partial charge in [0.2, 0.25) is 0 Å². The van der Waals surface area contributed by atoms with Crippen LogP contribution >= 0.6 is 0 Å². The smallest absolute Gasteiger partial charge is 0.407 e. The first-order chi connectivity index (χ1) is 10.6. The Kier molecular flexibility index (Phi) is 6.21. The molecule has 1 aromatic rings. The monoisotopic (exact) mass is 306 g/mol. The Labute approximate surface area is 130 Å². The van der Waals surface area contributed by atoms with Crippen LogP contribution in [0.15, 0.2) is 30.3 Å². The van der Waals surface area contributed by atoms with Crippen molar-refractivity contribution < 1.29 is 19.4 Å². The van der Waals surface area contributed by atoms with E-state index in [1.807, 2.05) is 35.2 Å². The number of carbonyl (C=O) groups excluding carboxylic acids is 1. The number of piperidine rings is 1. The van der Waals surface area contributed by atoms with E-state index in [2.05, 4.69) is 5.32 Å². The number of aliphatic carboxylic acids is 1. The number of alkyl carbamates (subject to hydrolysis) is 1. The lowest BCUT2D eigenvalue weighted by Crippen LogP contribution is -2.42. The van der Waals surface area contributed by atoms with Crippen molar-refractivity contribution in [1.82, 2.24) is 10.2 Å². The Bertz CT molecular complexity index is 492. The number of hydrogen-bond acceptors (Lipinski definition) is 4. The molecule has 0 aromatic heterocycles. The minimum Gasteiger partial charge on any atom is -0.480 e. The molecule has 0 aliphatic carbocycles. The quantitative estimate of drug-likeness (QED) is 0.836. The van der Waals surface area contributed by atoms with Crippen LogP contribution in [-0.2, 0) is 16.1 Å². The summed E-state index contributed by atoms with van der Waals surface area (Å²) in [7, 11) is 0. The van der Waals surface area contributed by atoms with E-state index in [0.717, 1.165) is 24.9 Å². The van der Waals surface area contributed by atoms with E-state index in [0.29, 0.717) is 13.1 Å². The summed E-state index contributed by atoms with van der Waals surface area (Å²) in [4.78, 5) is 24.3. The highest BCUT2D eigenvalue weighted by Crippen LogP contribution is 2.15. The second kappa shape index (κ2) is 8.38. The average Bonchev–Trinajstić information content (AvgIpc) is 2.52. The SMILES string of the molecule is O=C(O)CN1CCCC(CNC(=O)OCc2ccccc2)C1. The lowest BCUT2D eigenvalue weighted by molar-refractivity contribution is -0.138. The first kappa shape index (κ1) is 16.3. The summed E-state index contributed by atoms with van der Waals surface area (Å²) in [6, 6.07) is 9.51. The van der Waals surface area contributed by atoms with Crippen LogP contribution in [0.2, 0.25) is 0 Å². The third-order valence-electron chi connectivity index (χ3n) is 3.71. The van der Waals surface area contributed by atoms with E-state index in [4.69, 9.17) is 9.84 Å². The van der Waals surface area contributed by atoms with Crippen molar-refractivity contribution in [2.75, 3.05) is 26.2 Å². The summed E-state index contributed by atoms with van der Waals surface area (Å²) < 4.78 is 5.15. The van der Waals surface area contributed by atoms with E-state index < -0.39 is 12.1 Å². The summed E-state index contributed by atoms with van der Waals surface area (Å²) in [6.07, 6.45) is 1.52. The zero-order chi connectivity index (χ0) is 15.8. The first-order valence-corrected chi connectivity index (χ1v) is 7.52. The van der Waals surface area contributed by atoms with Crippen molar-refractivity contribution >= 4 is 12.1 Å². The average molecular weight is 306 g/mol. The highest BCUT2D eigenvalue weighted by molar-refractivity contribution is 5.69. The lowest BCUT2D eigenvalue weighted by atomic mass is 9.98. The van der Waals surface area contributed by atoms with E-state index in [9.17, 15) is 9.59 Å². The van der Waals surface area contributed by atoms with E-state index >= 15 is 0 Å². The van der Waals surface area contributed by atoms with Crippen molar-refractivity contribution in [2.45, 2.75) is 19.4 Å². The molecular formula is C16H22N2O4. The molecule has 0 spiro atoms. The number of nitrogens with one attached hydrogen (secondary N) is 1. The number of hydrogen-bond donors (Lipinski definition) is 2. The molecule has 0 radical (unpaired) electrons. The summed E-state index contributed by atoms with van der Waals surface area (Å²) in [5.41, 5.74) is 0.947. The highest BCUT2D eigenvalue weighted by Gasteiger charge is 2.21. The second-order valence-electron chi connectivity index (χ2n) is 5.58. The van der Waals surface area contributed by atoms with Gasteiger partial charge in [0.1, 0.15) is 6.61 Å². The number of carboxylic acid groups (broad SMARTS) is 1. The number of nitrogens with zero attached hydrogens (tertiary/aromatic N) is 1. The minimum atomic E-state index is -0.809. The van der Waals surface area contributed by atoms with Crippen LogP contribution in [0.25, 0.3) is 0 Å². The van der Waals surface area contributed by atoms with Crippen LogP contribution in [0, 0.1) is 5.92 Å². The molecule has 1 unspecified atom stereocenters. The highest BCUT2D eigenvalue weighted by atomic mass is 16.5. The predicted octanol–water partition coefficient (Wildman–Crippen LogP) is 1.71. The van der Waals surface area contributed by atoms with Gasteiger partial charge in [-0.2, -0.15) is 0 Å². The fourth-order valence-corrected chi connectivity index (χ4v) is 2.65. The van der Waals surface area contributed by atoms with Gasteiger partial charge in [0.15, 0.2) is 0 Å². The van der Waals surface area contributed by atoms with Crippen molar-refractivity contribution in [3.05, 3.63) is 35.9 Å². The van der Waals surface area contributed by atoms with E-state index in [-0.39, 0.29) is 19.1 Å². The van der Waals surface area contributed by atoms with Gasteiger partial charge < -0.3 is 15.2 Å². The molecule has 1 saturated heterocycles. The molecule has 2 rings (SSSR count). The Balaban J connectivity index is 1.66. The van der Waals surface area contributed by atoms with Gasteiger partial charge in [-0.1, -0.05) is 30.3 Å². The molecule has 2 N–H and O–H groups in total. The van der Waals surface area contributed by atoms with Crippen molar-refractivity contribution in [3.63, 3.8) is 0 Å². The van der Waals surface area contributed by atoms with Crippen LogP contribution in [0.4, 0.5) is 4.79 Å². The van der Waals surface area contributed by atoms with Gasteiger partial charge in [0, 0.05) is 13.1 Å². The molecule has 1 amide bonds. The maximum atomic E-state index is 11.7. The summed E-state index contributed by atoms with van der Waals surface area (Å²) in [5, 5.41) is 11.6. The summed E-state index contributed by atoms with van der Waals surface area (Å²) >= 11 is 0. The molecule has 22 heavy (non-hydrogen) atoms. The van der Waals surface area contributed by atoms with E-state index in [1.54, 1.807) is 0 Å². The largest absolute Gasteiger partial charge is 0.480 e. The summed E-state index contributed by atoms with van der Waals surface area (Å²) in [6.45, 7) is 2.34. The minimum absolute atomic E-state index is 0.0644. The lowest BCUT2D eigenvalue weighted by Gasteiger charge is -2.31. The predicted molar refractivity (Wildman–Crippen MR) is 81.4 cm³/mol. The van der Waals surface area contributed by atoms with Gasteiger partial charge >= 0.3 is 12.1 Å². The van der Waals surface area contributed by atoms with E-state index in [1.165, 1.54) is 0 Å². The zero-order valence-electron chi connectivity index (χ0n) is 12.5. The molecule has 1 aliphatic heterocycles. The van der Waals surface area contributed by atoms with Crippen molar-refractivity contribution in [1.29, 1.82) is 0 Å². The fraction of sp³-hybridized carbons (Fsp3) is 0.500. The normalized spacial score (nSPS) is 18.6. The fourth-order valence-electron chi connectivity index (χ4n) is 2.65. The van der Waals surface area contributed by atoms with Crippen LogP contribution < -0.4 is 5.32 Å². The number of rotatable bonds is 6. The standard InChI is InChI=1S/C16H22N2O4/c19-15(20)11-18-8-4-7-14(10-18)9-17-16(21)22-12-13-5-2-1-3-6-13/h1-3,5-6,14H,4,7-12H2,(H,17,21)(H,19,20). The van der Waals surface area contributed by atoms with Crippen LogP contribution in [0.1, 0.15) is 18.4 Å². The molecule has 1 fully saturated rings. The van der Waals surface area contributed by atoms with Crippen LogP contribution in [0.5, 0.6) is 0 Å². The molecule has 1 aliphatic rings. The van der Waals surface area contributed by atoms with Crippen LogP contribution in [0.3, 0.4) is 0 Å². The van der Waals surface area contributed by atoms with Gasteiger partial charge in [-0.15, -0.1) is 0 Å². The molecule has 6 heteroatoms. The Hall–Kier alpha value is -2.08. The second-order valence-corrected chi connectivity index (χ2v) is 5.58. The third kappa shape index (κ3) is 5.73. The van der Waals surface area contributed by atoms with Crippen molar-refractivity contribution in [2.24, 2.45) is 5.92 Å². The number of carbonyl (C=O) groups is 2. The zero-order valence-corrected chi connectivity index (χ0v) is 12.5. The Morgan fingerprint density at radius 3 is 2.82 bits per heavy atom. The van der Waals surface area contributed by atoms with Gasteiger partial charge in [-0.05, 0) is 30.9 Å². The third-order valence-corrected chi connectivity index (χ3v) is 3.71. The van der Waals surface area contributed by atoms with Crippen LogP contribution in [-0.4, -0.2) is 48.2 Å². The molecule has 0 saturated carbocycles. The van der Waals surface area contributed by atoms with Crippen molar-refractivity contribution in [3.8, 4) is 0 Å². The molecule has 6 nitrogen and oxygen atoms in total. The summed E-state index contributed by atoms with van der Waals surface area (Å²) in [5.74, 6) is -0.534. The molecule has 1 heterocycles. The van der Waals surface area contributed by atoms with Gasteiger partial charge in [-0.25, -0.2) is 4.79 Å². The maximum absolute atomic E-state index is 11.7. The Morgan fingerprint density at radius 1 is 1.32 bits per heavy atom. The number of likely N-dealkylation sites (tertiary alicyclic amines) is 1. The molecule has 0 bridgehead atoms. The number of amides is 1. The molecule has 1 atom stereocenters. The molecule has 120 valence electrons. The molecular weight excluding hydrogens is 284 g/mol. The first-order valence-electron chi connectivity index (χ1n) is 7.52. The number of carboxylic acids is 1. The molecule has 1 aromatic carbocycles. The topological polar surface area (TPSA) is 78.9 Å². The van der Waals surface area contributed by atoms with Gasteiger partial charge in [0.05, 0.1) is 6.54 Å². The maximum Gasteiger partial charge on any atom is 0.407 e. The van der Waals surface area contributed by atoms with Gasteiger partial charge in [-0.3, -0.25) is 9.69 Å².